The van der Waals surface area contributed by atoms with Crippen LogP contribution in [0.1, 0.15) is 24.0 Å². The van der Waals surface area contributed by atoms with Crippen molar-refractivity contribution in [1.29, 1.82) is 0 Å². The number of ether oxygens (including phenoxy) is 1. The van der Waals surface area contributed by atoms with E-state index in [2.05, 4.69) is 0 Å². The first-order chi connectivity index (χ1) is 9.00. The summed E-state index contributed by atoms with van der Waals surface area (Å²) in [6.07, 6.45) is -2.47. The van der Waals surface area contributed by atoms with Crippen LogP contribution in [0.4, 0.5) is 13.2 Å². The number of thioether (sulfide) groups is 1. The van der Waals surface area contributed by atoms with Crippen molar-refractivity contribution in [2.75, 3.05) is 13.2 Å². The topological polar surface area (TPSA) is 35.2 Å². The van der Waals surface area contributed by atoms with Gasteiger partial charge in [0, 0.05) is 29.9 Å². The fourth-order valence-electron chi connectivity index (χ4n) is 2.08. The fraction of sp³-hybridized carbons (Fsp3) is 0.538. The minimum atomic E-state index is -4.34. The fourth-order valence-corrected chi connectivity index (χ4v) is 3.25. The van der Waals surface area contributed by atoms with Crippen molar-refractivity contribution in [3.05, 3.63) is 29.3 Å². The Kier molecular flexibility index (Phi) is 4.76. The van der Waals surface area contributed by atoms with Crippen LogP contribution in [0.2, 0.25) is 0 Å². The van der Waals surface area contributed by atoms with Gasteiger partial charge in [-0.2, -0.15) is 13.2 Å². The Morgan fingerprint density at radius 3 is 2.53 bits per heavy atom. The lowest BCUT2D eigenvalue weighted by atomic mass is 10.1. The third-order valence-electron chi connectivity index (χ3n) is 3.07. The van der Waals surface area contributed by atoms with Crippen LogP contribution >= 0.6 is 11.8 Å². The second kappa shape index (κ2) is 6.15. The van der Waals surface area contributed by atoms with Gasteiger partial charge in [0.15, 0.2) is 0 Å². The molecule has 0 bridgehead atoms. The summed E-state index contributed by atoms with van der Waals surface area (Å²) in [6, 6.07) is 4.22. The van der Waals surface area contributed by atoms with Crippen LogP contribution in [-0.2, 0) is 17.5 Å². The molecule has 6 heteroatoms. The molecule has 1 aromatic rings. The quantitative estimate of drug-likeness (QED) is 0.926. The average Bonchev–Trinajstić information content (AvgIpc) is 2.38. The highest BCUT2D eigenvalue weighted by molar-refractivity contribution is 8.00. The Labute approximate surface area is 114 Å². The lowest BCUT2D eigenvalue weighted by Gasteiger charge is -2.22. The molecule has 1 aromatic carbocycles. The standard InChI is InChI=1S/C13H16F3NOS/c14-13(15,16)12-2-1-11(7-9(12)8-17)19-10-3-5-18-6-4-10/h1-2,7,10H,3-6,8,17H2. The monoisotopic (exact) mass is 291 g/mol. The summed E-state index contributed by atoms with van der Waals surface area (Å²) in [7, 11) is 0. The SMILES string of the molecule is NCc1cc(SC2CCOCC2)ccc1C(F)(F)F. The first-order valence-electron chi connectivity index (χ1n) is 6.15. The molecular formula is C13H16F3NOS. The van der Waals surface area contributed by atoms with Crippen molar-refractivity contribution in [2.45, 2.75) is 35.7 Å². The van der Waals surface area contributed by atoms with Gasteiger partial charge in [-0.15, -0.1) is 11.8 Å². The van der Waals surface area contributed by atoms with Crippen molar-refractivity contribution in [3.63, 3.8) is 0 Å². The van der Waals surface area contributed by atoms with Crippen LogP contribution in [0, 0.1) is 0 Å². The Morgan fingerprint density at radius 1 is 1.26 bits per heavy atom. The van der Waals surface area contributed by atoms with Gasteiger partial charge in [0.25, 0.3) is 0 Å². The zero-order valence-corrected chi connectivity index (χ0v) is 11.2. The van der Waals surface area contributed by atoms with E-state index in [0.29, 0.717) is 5.25 Å². The Morgan fingerprint density at radius 2 is 1.95 bits per heavy atom. The number of halogens is 3. The predicted octanol–water partition coefficient (Wildman–Crippen LogP) is 3.44. The molecule has 0 atom stereocenters. The summed E-state index contributed by atoms with van der Waals surface area (Å²) in [5, 5.41) is 0.413. The third-order valence-corrected chi connectivity index (χ3v) is 4.40. The second-order valence-corrected chi connectivity index (χ2v) is 5.82. The van der Waals surface area contributed by atoms with Gasteiger partial charge in [-0.25, -0.2) is 0 Å². The number of alkyl halides is 3. The van der Waals surface area contributed by atoms with E-state index < -0.39 is 11.7 Å². The minimum Gasteiger partial charge on any atom is -0.381 e. The summed E-state index contributed by atoms with van der Waals surface area (Å²) in [5.41, 5.74) is 4.94. The Bertz CT molecular complexity index is 430. The van der Waals surface area contributed by atoms with Crippen molar-refractivity contribution < 1.29 is 17.9 Å². The second-order valence-electron chi connectivity index (χ2n) is 4.45. The van der Waals surface area contributed by atoms with E-state index in [9.17, 15) is 13.2 Å². The molecule has 1 aliphatic rings. The molecule has 0 aromatic heterocycles. The smallest absolute Gasteiger partial charge is 0.381 e. The number of hydrogen-bond acceptors (Lipinski definition) is 3. The predicted molar refractivity (Wildman–Crippen MR) is 69.0 cm³/mol. The van der Waals surface area contributed by atoms with Crippen molar-refractivity contribution >= 4 is 11.8 Å². The summed E-state index contributed by atoms with van der Waals surface area (Å²) < 4.78 is 43.5. The van der Waals surface area contributed by atoms with Gasteiger partial charge >= 0.3 is 6.18 Å². The molecule has 0 saturated carbocycles. The van der Waals surface area contributed by atoms with E-state index in [4.69, 9.17) is 10.5 Å². The van der Waals surface area contributed by atoms with Crippen LogP contribution in [0.15, 0.2) is 23.1 Å². The first kappa shape index (κ1) is 14.7. The Balaban J connectivity index is 2.14. The van der Waals surface area contributed by atoms with Crippen LogP contribution in [0.25, 0.3) is 0 Å². The highest BCUT2D eigenvalue weighted by Gasteiger charge is 2.33. The van der Waals surface area contributed by atoms with Crippen LogP contribution in [0.3, 0.4) is 0 Å². The molecule has 0 spiro atoms. The molecule has 1 heterocycles. The first-order valence-corrected chi connectivity index (χ1v) is 7.03. The molecule has 2 N–H and O–H groups in total. The molecular weight excluding hydrogens is 275 g/mol. The number of hydrogen-bond donors (Lipinski definition) is 1. The van der Waals surface area contributed by atoms with Crippen LogP contribution < -0.4 is 5.73 Å². The van der Waals surface area contributed by atoms with E-state index in [1.54, 1.807) is 17.8 Å². The number of benzene rings is 1. The molecule has 2 rings (SSSR count). The maximum Gasteiger partial charge on any atom is 0.416 e. The zero-order chi connectivity index (χ0) is 13.9. The van der Waals surface area contributed by atoms with Crippen molar-refractivity contribution in [3.8, 4) is 0 Å². The highest BCUT2D eigenvalue weighted by Crippen LogP contribution is 2.36. The maximum absolute atomic E-state index is 12.7. The molecule has 0 radical (unpaired) electrons. The molecule has 0 unspecified atom stereocenters. The summed E-state index contributed by atoms with van der Waals surface area (Å²) in [5.74, 6) is 0. The molecule has 0 amide bonds. The van der Waals surface area contributed by atoms with E-state index in [-0.39, 0.29) is 12.1 Å². The Hall–Kier alpha value is -0.720. The summed E-state index contributed by atoms with van der Waals surface area (Å²) in [4.78, 5) is 0.848. The molecule has 1 aliphatic heterocycles. The van der Waals surface area contributed by atoms with E-state index in [1.165, 1.54) is 6.07 Å². The van der Waals surface area contributed by atoms with Gasteiger partial charge in [0.05, 0.1) is 5.56 Å². The minimum absolute atomic E-state index is 0.100. The zero-order valence-electron chi connectivity index (χ0n) is 10.4. The van der Waals surface area contributed by atoms with Crippen LogP contribution in [0.5, 0.6) is 0 Å². The maximum atomic E-state index is 12.7. The molecule has 106 valence electrons. The van der Waals surface area contributed by atoms with Gasteiger partial charge in [-0.1, -0.05) is 0 Å². The van der Waals surface area contributed by atoms with Crippen molar-refractivity contribution in [2.24, 2.45) is 5.73 Å². The van der Waals surface area contributed by atoms with Gasteiger partial charge in [0.1, 0.15) is 0 Å². The average molecular weight is 291 g/mol. The third kappa shape index (κ3) is 3.87. The van der Waals surface area contributed by atoms with Gasteiger partial charge in [0.2, 0.25) is 0 Å². The molecule has 1 fully saturated rings. The van der Waals surface area contributed by atoms with E-state index in [1.807, 2.05) is 0 Å². The normalized spacial score (nSPS) is 17.7. The number of rotatable bonds is 3. The molecule has 2 nitrogen and oxygen atoms in total. The van der Waals surface area contributed by atoms with Gasteiger partial charge in [-0.05, 0) is 36.6 Å². The van der Waals surface area contributed by atoms with Gasteiger partial charge < -0.3 is 10.5 Å². The van der Waals surface area contributed by atoms with Crippen molar-refractivity contribution in [1.82, 2.24) is 0 Å². The lowest BCUT2D eigenvalue weighted by Crippen LogP contribution is -2.17. The van der Waals surface area contributed by atoms with Crippen LogP contribution in [-0.4, -0.2) is 18.5 Å². The summed E-state index contributed by atoms with van der Waals surface area (Å²) in [6.45, 7) is 1.35. The summed E-state index contributed by atoms with van der Waals surface area (Å²) >= 11 is 1.61. The molecule has 19 heavy (non-hydrogen) atoms. The molecule has 1 saturated heterocycles. The van der Waals surface area contributed by atoms with E-state index >= 15 is 0 Å². The van der Waals surface area contributed by atoms with Gasteiger partial charge in [-0.3, -0.25) is 0 Å². The number of nitrogens with two attached hydrogens (primary N) is 1. The molecule has 0 aliphatic carbocycles. The highest BCUT2D eigenvalue weighted by atomic mass is 32.2. The largest absolute Gasteiger partial charge is 0.416 e. The lowest BCUT2D eigenvalue weighted by molar-refractivity contribution is -0.138. The van der Waals surface area contributed by atoms with E-state index in [0.717, 1.165) is 37.0 Å².